The van der Waals surface area contributed by atoms with Crippen LogP contribution >= 0.6 is 0 Å². The van der Waals surface area contributed by atoms with Crippen LogP contribution in [-0.4, -0.2) is 52.7 Å². The van der Waals surface area contributed by atoms with Crippen LogP contribution in [0.25, 0.3) is 0 Å². The van der Waals surface area contributed by atoms with Crippen molar-refractivity contribution >= 4 is 23.3 Å². The molecule has 1 aromatic heterocycles. The Kier molecular flexibility index (Phi) is 7.75. The lowest BCUT2D eigenvalue weighted by atomic mass is 10.0. The third kappa shape index (κ3) is 5.94. The molecule has 8 nitrogen and oxygen atoms in total. The predicted molar refractivity (Wildman–Crippen MR) is 143 cm³/mol. The molecular weight excluding hydrogens is 523 g/mol. The molecule has 0 unspecified atom stereocenters. The first-order valence-corrected chi connectivity index (χ1v) is 13.3. The highest BCUT2D eigenvalue weighted by Crippen LogP contribution is 2.40. The van der Waals surface area contributed by atoms with Gasteiger partial charge in [0.1, 0.15) is 11.3 Å². The van der Waals surface area contributed by atoms with E-state index in [1.165, 1.54) is 6.07 Å². The van der Waals surface area contributed by atoms with E-state index < -0.39 is 17.6 Å². The summed E-state index contributed by atoms with van der Waals surface area (Å²) in [5.74, 6) is -1.13. The SMILES string of the molecule is CCc1cc(C(=O)NC2CCN(C)CC2)ccc1Nc1ncc(C(F)(F)F)c(Oc2cccc3c2C(=O)CC3)n1. The number of aromatic nitrogens is 2. The third-order valence-electron chi connectivity index (χ3n) is 7.33. The molecule has 2 N–H and O–H groups in total. The standard InChI is InChI=1S/C29H30F3N5O3/c1-3-17-15-19(26(39)34-20-11-13-37(2)14-12-20)7-9-22(17)35-28-33-16-21(29(30,31)32)27(36-28)40-24-6-4-5-18-8-10-23(38)25(18)24/h4-7,9,15-16,20H,3,8,10-14H2,1-2H3,(H,34,39)(H,33,35,36). The van der Waals surface area contributed by atoms with Gasteiger partial charge in [-0.3, -0.25) is 9.59 Å². The normalized spacial score (nSPS) is 16.1. The highest BCUT2D eigenvalue weighted by atomic mass is 19.4. The molecule has 3 aromatic rings. The lowest BCUT2D eigenvalue weighted by Crippen LogP contribution is -2.43. The summed E-state index contributed by atoms with van der Waals surface area (Å²) in [5, 5.41) is 6.06. The molecule has 2 aromatic carbocycles. The smallest absolute Gasteiger partial charge is 0.423 e. The van der Waals surface area contributed by atoms with Crippen molar-refractivity contribution in [3.8, 4) is 11.6 Å². The Balaban J connectivity index is 1.39. The van der Waals surface area contributed by atoms with Gasteiger partial charge in [0.2, 0.25) is 11.8 Å². The number of piperidine rings is 1. The molecule has 0 atom stereocenters. The maximum atomic E-state index is 13.8. The Morgan fingerprint density at radius 3 is 2.65 bits per heavy atom. The summed E-state index contributed by atoms with van der Waals surface area (Å²) < 4.78 is 47.0. The van der Waals surface area contributed by atoms with Crippen molar-refractivity contribution in [2.45, 2.75) is 51.2 Å². The van der Waals surface area contributed by atoms with E-state index in [1.807, 2.05) is 6.92 Å². The number of aryl methyl sites for hydroxylation is 2. The molecule has 5 rings (SSSR count). The number of ether oxygens (including phenoxy) is 1. The van der Waals surface area contributed by atoms with Crippen LogP contribution in [0.3, 0.4) is 0 Å². The van der Waals surface area contributed by atoms with Gasteiger partial charge in [-0.2, -0.15) is 18.2 Å². The highest BCUT2D eigenvalue weighted by molar-refractivity contribution is 6.03. The molecule has 40 heavy (non-hydrogen) atoms. The maximum Gasteiger partial charge on any atom is 0.423 e. The number of hydrogen-bond donors (Lipinski definition) is 2. The van der Waals surface area contributed by atoms with Crippen molar-refractivity contribution in [2.24, 2.45) is 0 Å². The molecule has 1 amide bonds. The Labute approximate surface area is 230 Å². The zero-order valence-corrected chi connectivity index (χ0v) is 22.3. The third-order valence-corrected chi connectivity index (χ3v) is 7.33. The minimum Gasteiger partial charge on any atom is -0.437 e. The van der Waals surface area contributed by atoms with Gasteiger partial charge in [-0.25, -0.2) is 4.98 Å². The number of nitrogens with one attached hydrogen (secondary N) is 2. The van der Waals surface area contributed by atoms with Gasteiger partial charge in [-0.1, -0.05) is 19.1 Å². The van der Waals surface area contributed by atoms with Gasteiger partial charge in [0, 0.05) is 29.9 Å². The van der Waals surface area contributed by atoms with Crippen molar-refractivity contribution in [1.29, 1.82) is 0 Å². The van der Waals surface area contributed by atoms with Crippen molar-refractivity contribution in [2.75, 3.05) is 25.5 Å². The number of alkyl halides is 3. The molecule has 1 aliphatic heterocycles. The van der Waals surface area contributed by atoms with Gasteiger partial charge < -0.3 is 20.3 Å². The zero-order chi connectivity index (χ0) is 28.4. The zero-order valence-electron chi connectivity index (χ0n) is 22.3. The van der Waals surface area contributed by atoms with Crippen LogP contribution in [0.1, 0.15) is 63.6 Å². The number of Topliss-reactive ketones (excluding diaryl/α,β-unsaturated/α-hetero) is 1. The Morgan fingerprint density at radius 1 is 1.15 bits per heavy atom. The van der Waals surface area contributed by atoms with E-state index in [9.17, 15) is 22.8 Å². The number of fused-ring (bicyclic) bond motifs is 1. The number of halogens is 3. The minimum absolute atomic E-state index is 0.0318. The van der Waals surface area contributed by atoms with Crippen LogP contribution in [0.5, 0.6) is 11.6 Å². The lowest BCUT2D eigenvalue weighted by Gasteiger charge is -2.29. The number of carbonyl (C=O) groups is 2. The summed E-state index contributed by atoms with van der Waals surface area (Å²) in [5.41, 5.74) is 1.69. The van der Waals surface area contributed by atoms with Crippen LogP contribution in [0, 0.1) is 0 Å². The Hall–Kier alpha value is -3.99. The maximum absolute atomic E-state index is 13.8. The van der Waals surface area contributed by atoms with Crippen molar-refractivity contribution in [1.82, 2.24) is 20.2 Å². The van der Waals surface area contributed by atoms with Gasteiger partial charge in [0.25, 0.3) is 5.91 Å². The molecule has 2 aliphatic rings. The number of rotatable bonds is 7. The molecule has 0 bridgehead atoms. The quantitative estimate of drug-likeness (QED) is 0.396. The molecule has 2 heterocycles. The molecule has 11 heteroatoms. The first-order chi connectivity index (χ1) is 19.1. The molecule has 0 saturated carbocycles. The van der Waals surface area contributed by atoms with Crippen LogP contribution in [0.4, 0.5) is 24.8 Å². The fraction of sp³-hybridized carbons (Fsp3) is 0.379. The second kappa shape index (κ2) is 11.2. The van der Waals surface area contributed by atoms with E-state index in [-0.39, 0.29) is 41.4 Å². The summed E-state index contributed by atoms with van der Waals surface area (Å²) in [6, 6.07) is 10.1. The lowest BCUT2D eigenvalue weighted by molar-refractivity contribution is -0.139. The number of ketones is 1. The number of benzene rings is 2. The number of carbonyl (C=O) groups excluding carboxylic acids is 2. The fourth-order valence-electron chi connectivity index (χ4n) is 5.05. The number of nitrogens with zero attached hydrogens (tertiary/aromatic N) is 3. The first-order valence-electron chi connectivity index (χ1n) is 13.3. The fourth-order valence-corrected chi connectivity index (χ4v) is 5.05. The van der Waals surface area contributed by atoms with E-state index >= 15 is 0 Å². The van der Waals surface area contributed by atoms with Crippen molar-refractivity contribution < 1.29 is 27.5 Å². The summed E-state index contributed by atoms with van der Waals surface area (Å²) in [4.78, 5) is 35.4. The average Bonchev–Trinajstić information content (AvgIpc) is 3.31. The second-order valence-electron chi connectivity index (χ2n) is 10.1. The monoisotopic (exact) mass is 553 g/mol. The van der Waals surface area contributed by atoms with E-state index in [4.69, 9.17) is 4.74 Å². The number of anilines is 2. The summed E-state index contributed by atoms with van der Waals surface area (Å²) in [6.45, 7) is 3.76. The predicted octanol–water partition coefficient (Wildman–Crippen LogP) is 5.55. The summed E-state index contributed by atoms with van der Waals surface area (Å²) >= 11 is 0. The van der Waals surface area contributed by atoms with Gasteiger partial charge >= 0.3 is 6.18 Å². The van der Waals surface area contributed by atoms with Gasteiger partial charge in [-0.15, -0.1) is 0 Å². The highest BCUT2D eigenvalue weighted by Gasteiger charge is 2.37. The Morgan fingerprint density at radius 2 is 1.93 bits per heavy atom. The van der Waals surface area contributed by atoms with Gasteiger partial charge in [-0.05, 0) is 81.2 Å². The molecular formula is C29H30F3N5O3. The molecule has 1 aliphatic carbocycles. The molecule has 0 spiro atoms. The second-order valence-corrected chi connectivity index (χ2v) is 10.1. The van der Waals surface area contributed by atoms with E-state index in [1.54, 1.807) is 30.3 Å². The topological polar surface area (TPSA) is 96.5 Å². The Bertz CT molecular complexity index is 1430. The molecule has 210 valence electrons. The molecule has 1 saturated heterocycles. The van der Waals surface area contributed by atoms with Gasteiger partial charge in [0.05, 0.1) is 5.56 Å². The minimum atomic E-state index is -4.77. The van der Waals surface area contributed by atoms with Crippen molar-refractivity contribution in [3.63, 3.8) is 0 Å². The summed E-state index contributed by atoms with van der Waals surface area (Å²) in [7, 11) is 2.06. The number of hydrogen-bond acceptors (Lipinski definition) is 7. The van der Waals surface area contributed by atoms with Crippen LogP contribution in [0.2, 0.25) is 0 Å². The van der Waals surface area contributed by atoms with Crippen molar-refractivity contribution in [3.05, 3.63) is 70.4 Å². The van der Waals surface area contributed by atoms with Crippen LogP contribution in [0.15, 0.2) is 42.6 Å². The number of likely N-dealkylation sites (tertiary alicyclic amines) is 1. The largest absolute Gasteiger partial charge is 0.437 e. The van der Waals surface area contributed by atoms with Crippen LogP contribution in [-0.2, 0) is 19.0 Å². The molecule has 0 radical (unpaired) electrons. The number of amides is 1. The first kappa shape index (κ1) is 27.6. The van der Waals surface area contributed by atoms with E-state index in [0.717, 1.165) is 37.1 Å². The summed E-state index contributed by atoms with van der Waals surface area (Å²) in [6.07, 6.45) is -0.988. The van der Waals surface area contributed by atoms with Crippen LogP contribution < -0.4 is 15.4 Å². The average molecular weight is 554 g/mol. The van der Waals surface area contributed by atoms with E-state index in [2.05, 4.69) is 32.5 Å². The molecule has 1 fully saturated rings. The van der Waals surface area contributed by atoms with E-state index in [0.29, 0.717) is 30.3 Å². The van der Waals surface area contributed by atoms with Gasteiger partial charge in [0.15, 0.2) is 5.78 Å².